The summed E-state index contributed by atoms with van der Waals surface area (Å²) in [6.07, 6.45) is 5.36. The van der Waals surface area contributed by atoms with Crippen molar-refractivity contribution in [2.24, 2.45) is 5.92 Å². The number of hydrogen-bond acceptors (Lipinski definition) is 3. The van der Waals surface area contributed by atoms with Gasteiger partial charge in [0.25, 0.3) is 0 Å². The Balaban J connectivity index is 1.95. The summed E-state index contributed by atoms with van der Waals surface area (Å²) in [6, 6.07) is 0.691. The minimum atomic E-state index is 0.125. The standard InChI is InChI=1S/C11H23NO2/c1-10-3-2-4-11(9-10)12-5-7-14-8-6-13/h10-13H,2-9H2,1H3/t10-,11-/m0/s1. The van der Waals surface area contributed by atoms with Gasteiger partial charge in [0.05, 0.1) is 19.8 Å². The molecule has 3 nitrogen and oxygen atoms in total. The highest BCUT2D eigenvalue weighted by Gasteiger charge is 2.17. The van der Waals surface area contributed by atoms with Gasteiger partial charge in [-0.25, -0.2) is 0 Å². The molecule has 0 heterocycles. The van der Waals surface area contributed by atoms with E-state index in [-0.39, 0.29) is 6.61 Å². The van der Waals surface area contributed by atoms with Gasteiger partial charge < -0.3 is 15.2 Å². The Hall–Kier alpha value is -0.120. The van der Waals surface area contributed by atoms with Crippen LogP contribution in [-0.2, 0) is 4.74 Å². The van der Waals surface area contributed by atoms with Crippen LogP contribution in [0.1, 0.15) is 32.6 Å². The van der Waals surface area contributed by atoms with Crippen LogP contribution in [0.3, 0.4) is 0 Å². The summed E-state index contributed by atoms with van der Waals surface area (Å²) in [6.45, 7) is 4.54. The summed E-state index contributed by atoms with van der Waals surface area (Å²) < 4.78 is 5.19. The third-order valence-corrected chi connectivity index (χ3v) is 2.85. The van der Waals surface area contributed by atoms with E-state index >= 15 is 0 Å². The highest BCUT2D eigenvalue weighted by molar-refractivity contribution is 4.75. The van der Waals surface area contributed by atoms with Crippen molar-refractivity contribution in [2.75, 3.05) is 26.4 Å². The molecule has 0 spiro atoms. The number of ether oxygens (including phenoxy) is 1. The van der Waals surface area contributed by atoms with Crippen LogP contribution in [0.2, 0.25) is 0 Å². The molecule has 0 aromatic heterocycles. The predicted molar refractivity (Wildman–Crippen MR) is 57.3 cm³/mol. The van der Waals surface area contributed by atoms with Crippen molar-refractivity contribution in [3.05, 3.63) is 0 Å². The van der Waals surface area contributed by atoms with E-state index in [1.807, 2.05) is 0 Å². The predicted octanol–water partition coefficient (Wildman–Crippen LogP) is 1.16. The molecule has 3 heteroatoms. The molecule has 2 atom stereocenters. The Bertz CT molecular complexity index is 141. The normalized spacial score (nSPS) is 27.9. The van der Waals surface area contributed by atoms with Gasteiger partial charge in [0.2, 0.25) is 0 Å². The van der Waals surface area contributed by atoms with Crippen molar-refractivity contribution in [3.8, 4) is 0 Å². The van der Waals surface area contributed by atoms with Gasteiger partial charge >= 0.3 is 0 Å². The van der Waals surface area contributed by atoms with Gasteiger partial charge in [-0.1, -0.05) is 19.8 Å². The van der Waals surface area contributed by atoms with Gasteiger partial charge in [0.15, 0.2) is 0 Å². The van der Waals surface area contributed by atoms with E-state index in [2.05, 4.69) is 12.2 Å². The van der Waals surface area contributed by atoms with Crippen molar-refractivity contribution in [1.82, 2.24) is 5.32 Å². The lowest BCUT2D eigenvalue weighted by molar-refractivity contribution is 0.0912. The molecule has 1 rings (SSSR count). The topological polar surface area (TPSA) is 41.5 Å². The monoisotopic (exact) mass is 201 g/mol. The molecule has 0 saturated heterocycles. The van der Waals surface area contributed by atoms with Gasteiger partial charge in [-0.2, -0.15) is 0 Å². The second kappa shape index (κ2) is 7.21. The fourth-order valence-electron chi connectivity index (χ4n) is 2.12. The lowest BCUT2D eigenvalue weighted by Gasteiger charge is -2.27. The maximum atomic E-state index is 8.50. The highest BCUT2D eigenvalue weighted by Crippen LogP contribution is 2.23. The van der Waals surface area contributed by atoms with Crippen LogP contribution < -0.4 is 5.32 Å². The van der Waals surface area contributed by atoms with Crippen molar-refractivity contribution >= 4 is 0 Å². The second-order valence-electron chi connectivity index (χ2n) is 4.26. The van der Waals surface area contributed by atoms with E-state index in [9.17, 15) is 0 Å². The zero-order valence-corrected chi connectivity index (χ0v) is 9.17. The van der Waals surface area contributed by atoms with Gasteiger partial charge in [-0.15, -0.1) is 0 Å². The average Bonchev–Trinajstić information content (AvgIpc) is 2.18. The van der Waals surface area contributed by atoms with Crippen molar-refractivity contribution in [2.45, 2.75) is 38.6 Å². The lowest BCUT2D eigenvalue weighted by atomic mass is 9.87. The molecule has 0 aromatic rings. The van der Waals surface area contributed by atoms with Gasteiger partial charge in [0.1, 0.15) is 0 Å². The molecule has 1 saturated carbocycles. The van der Waals surface area contributed by atoms with Crippen LogP contribution in [0, 0.1) is 5.92 Å². The number of hydrogen-bond donors (Lipinski definition) is 2. The molecule has 0 unspecified atom stereocenters. The number of aliphatic hydroxyl groups is 1. The molecule has 0 radical (unpaired) electrons. The summed E-state index contributed by atoms with van der Waals surface area (Å²) in [7, 11) is 0. The van der Waals surface area contributed by atoms with E-state index in [1.165, 1.54) is 25.7 Å². The Kier molecular flexibility index (Phi) is 6.15. The molecule has 2 N–H and O–H groups in total. The first-order valence-electron chi connectivity index (χ1n) is 5.75. The maximum Gasteiger partial charge on any atom is 0.0698 e. The fourth-order valence-corrected chi connectivity index (χ4v) is 2.12. The molecule has 84 valence electrons. The van der Waals surface area contributed by atoms with E-state index in [4.69, 9.17) is 9.84 Å². The Labute approximate surface area is 86.8 Å². The van der Waals surface area contributed by atoms with E-state index in [0.717, 1.165) is 12.5 Å². The first-order valence-corrected chi connectivity index (χ1v) is 5.75. The SMILES string of the molecule is C[C@H]1CCC[C@H](NCCOCCO)C1. The van der Waals surface area contributed by atoms with Gasteiger partial charge in [-0.3, -0.25) is 0 Å². The number of nitrogens with one attached hydrogen (secondary N) is 1. The smallest absolute Gasteiger partial charge is 0.0698 e. The van der Waals surface area contributed by atoms with Crippen LogP contribution in [0.4, 0.5) is 0 Å². The van der Waals surface area contributed by atoms with E-state index < -0.39 is 0 Å². The molecule has 14 heavy (non-hydrogen) atoms. The molecule has 0 amide bonds. The second-order valence-corrected chi connectivity index (χ2v) is 4.26. The van der Waals surface area contributed by atoms with Crippen LogP contribution in [0.5, 0.6) is 0 Å². The summed E-state index contributed by atoms with van der Waals surface area (Å²) >= 11 is 0. The largest absolute Gasteiger partial charge is 0.394 e. The molecular formula is C11H23NO2. The van der Waals surface area contributed by atoms with Crippen LogP contribution >= 0.6 is 0 Å². The molecule has 0 bridgehead atoms. The molecule has 0 aromatic carbocycles. The van der Waals surface area contributed by atoms with E-state index in [0.29, 0.717) is 19.3 Å². The maximum absolute atomic E-state index is 8.50. The first kappa shape index (κ1) is 12.0. The Morgan fingerprint density at radius 1 is 1.36 bits per heavy atom. The highest BCUT2D eigenvalue weighted by atomic mass is 16.5. The fraction of sp³-hybridized carbons (Fsp3) is 1.00. The van der Waals surface area contributed by atoms with E-state index in [1.54, 1.807) is 0 Å². The Morgan fingerprint density at radius 3 is 2.93 bits per heavy atom. The zero-order valence-electron chi connectivity index (χ0n) is 9.17. The van der Waals surface area contributed by atoms with Crippen LogP contribution in [0.25, 0.3) is 0 Å². The molecular weight excluding hydrogens is 178 g/mol. The minimum Gasteiger partial charge on any atom is -0.394 e. The lowest BCUT2D eigenvalue weighted by Crippen LogP contribution is -2.35. The summed E-state index contributed by atoms with van der Waals surface area (Å²) in [5, 5.41) is 12.0. The zero-order chi connectivity index (χ0) is 10.2. The number of rotatable bonds is 6. The van der Waals surface area contributed by atoms with Crippen molar-refractivity contribution in [1.29, 1.82) is 0 Å². The third-order valence-electron chi connectivity index (χ3n) is 2.85. The molecule has 1 aliphatic carbocycles. The van der Waals surface area contributed by atoms with Gasteiger partial charge in [0, 0.05) is 12.6 Å². The quantitative estimate of drug-likeness (QED) is 0.634. The molecule has 1 fully saturated rings. The van der Waals surface area contributed by atoms with Crippen LogP contribution in [-0.4, -0.2) is 37.5 Å². The van der Waals surface area contributed by atoms with Crippen LogP contribution in [0.15, 0.2) is 0 Å². The average molecular weight is 201 g/mol. The Morgan fingerprint density at radius 2 is 2.21 bits per heavy atom. The van der Waals surface area contributed by atoms with Crippen molar-refractivity contribution < 1.29 is 9.84 Å². The summed E-state index contributed by atoms with van der Waals surface area (Å²) in [5.74, 6) is 0.875. The molecule has 0 aliphatic heterocycles. The molecule has 1 aliphatic rings. The summed E-state index contributed by atoms with van der Waals surface area (Å²) in [4.78, 5) is 0. The summed E-state index contributed by atoms with van der Waals surface area (Å²) in [5.41, 5.74) is 0. The van der Waals surface area contributed by atoms with Gasteiger partial charge in [-0.05, 0) is 18.8 Å². The van der Waals surface area contributed by atoms with Crippen molar-refractivity contribution in [3.63, 3.8) is 0 Å². The first-order chi connectivity index (χ1) is 6.83. The minimum absolute atomic E-state index is 0.125. The third kappa shape index (κ3) is 4.94. The number of aliphatic hydroxyl groups excluding tert-OH is 1.